The second kappa shape index (κ2) is 7.48. The molecule has 0 spiro atoms. The van der Waals surface area contributed by atoms with Gasteiger partial charge in [0.05, 0.1) is 5.56 Å². The van der Waals surface area contributed by atoms with E-state index in [1.165, 1.54) is 33.8 Å². The van der Waals surface area contributed by atoms with Crippen LogP contribution in [0.5, 0.6) is 0 Å². The molecule has 0 aliphatic carbocycles. The van der Waals surface area contributed by atoms with Crippen LogP contribution in [0, 0.1) is 0 Å². The van der Waals surface area contributed by atoms with E-state index in [1.807, 2.05) is 0 Å². The van der Waals surface area contributed by atoms with Crippen molar-refractivity contribution >= 4 is 0 Å². The molecule has 0 unspecified atom stereocenters. The monoisotopic (exact) mass is 387 g/mol. The molecular weight excluding hydrogens is 352 g/mol. The molecule has 3 aromatic rings. The summed E-state index contributed by atoms with van der Waals surface area (Å²) in [7, 11) is 0. The van der Waals surface area contributed by atoms with E-state index in [4.69, 9.17) is 0 Å². The highest BCUT2D eigenvalue weighted by Crippen LogP contribution is 2.39. The predicted octanol–water partition coefficient (Wildman–Crippen LogP) is 6.75. The van der Waals surface area contributed by atoms with Crippen LogP contribution in [-0.2, 0) is 12.0 Å². The predicted molar refractivity (Wildman–Crippen MR) is 122 cm³/mol. The standard InChI is InChI=1S/C27H35N2/c1-7-27(8-2)18-21-12-9-10-13-24(21)26-28(16-17-29(26)27)25-22(19(3)4)14-11-15-23(25)20(5)6/h9-17,19-20H,7-8,18H2,1-6H3/q+1. The quantitative estimate of drug-likeness (QED) is 0.428. The summed E-state index contributed by atoms with van der Waals surface area (Å²) in [5.74, 6) is 2.30. The lowest BCUT2D eigenvalue weighted by molar-refractivity contribution is -0.757. The average Bonchev–Trinajstić information content (AvgIpc) is 3.18. The van der Waals surface area contributed by atoms with Crippen LogP contribution in [0.4, 0.5) is 0 Å². The number of hydrogen-bond donors (Lipinski definition) is 0. The van der Waals surface area contributed by atoms with E-state index in [9.17, 15) is 0 Å². The highest BCUT2D eigenvalue weighted by atomic mass is 15.2. The summed E-state index contributed by atoms with van der Waals surface area (Å²) in [6.45, 7) is 13.9. The van der Waals surface area contributed by atoms with Crippen LogP contribution in [0.3, 0.4) is 0 Å². The van der Waals surface area contributed by atoms with Gasteiger partial charge < -0.3 is 0 Å². The minimum absolute atomic E-state index is 0.152. The van der Waals surface area contributed by atoms with E-state index in [2.05, 4.69) is 106 Å². The summed E-state index contributed by atoms with van der Waals surface area (Å²) in [6.07, 6.45) is 8.04. The minimum Gasteiger partial charge on any atom is -0.224 e. The Kier molecular flexibility index (Phi) is 5.14. The Labute approximate surface area is 176 Å². The third-order valence-electron chi connectivity index (χ3n) is 7.01. The van der Waals surface area contributed by atoms with Gasteiger partial charge in [-0.25, -0.2) is 4.57 Å². The molecule has 0 fully saturated rings. The van der Waals surface area contributed by atoms with Gasteiger partial charge in [0.15, 0.2) is 0 Å². The lowest BCUT2D eigenvalue weighted by Gasteiger charge is -2.34. The van der Waals surface area contributed by atoms with Crippen LogP contribution in [0.15, 0.2) is 54.9 Å². The Morgan fingerprint density at radius 3 is 2.10 bits per heavy atom. The molecule has 0 bridgehead atoms. The second-order valence-electron chi connectivity index (χ2n) is 9.22. The number of nitrogens with zero attached hydrogens (tertiary/aromatic N) is 2. The summed E-state index contributed by atoms with van der Waals surface area (Å²) >= 11 is 0. The molecule has 0 saturated carbocycles. The maximum atomic E-state index is 2.58. The van der Waals surface area contributed by atoms with Crippen molar-refractivity contribution in [3.63, 3.8) is 0 Å². The fraction of sp³-hybridized carbons (Fsp3) is 0.444. The average molecular weight is 388 g/mol. The van der Waals surface area contributed by atoms with Crippen LogP contribution in [-0.4, -0.2) is 4.57 Å². The van der Waals surface area contributed by atoms with Crippen LogP contribution < -0.4 is 4.57 Å². The normalized spacial score (nSPS) is 14.9. The smallest absolute Gasteiger partial charge is 0.224 e. The Hall–Kier alpha value is -2.35. The van der Waals surface area contributed by atoms with E-state index < -0.39 is 0 Å². The number of fused-ring (bicyclic) bond motifs is 3. The number of imidazole rings is 1. The first-order chi connectivity index (χ1) is 13.9. The molecule has 1 aliphatic rings. The molecule has 29 heavy (non-hydrogen) atoms. The van der Waals surface area contributed by atoms with Crippen molar-refractivity contribution in [2.24, 2.45) is 0 Å². The minimum atomic E-state index is 0.152. The first kappa shape index (κ1) is 19.9. The van der Waals surface area contributed by atoms with Crippen LogP contribution in [0.25, 0.3) is 17.1 Å². The van der Waals surface area contributed by atoms with Crippen molar-refractivity contribution in [2.45, 2.75) is 78.2 Å². The SMILES string of the molecule is CCC1(CC)Cc2ccccc2-c2n(-c3c(C(C)C)cccc3C(C)C)cc[n+]21. The van der Waals surface area contributed by atoms with E-state index in [-0.39, 0.29) is 5.54 Å². The van der Waals surface area contributed by atoms with Gasteiger partial charge in [-0.1, -0.05) is 77.9 Å². The summed E-state index contributed by atoms with van der Waals surface area (Å²) in [6, 6.07) is 15.9. The van der Waals surface area contributed by atoms with Crippen LogP contribution >= 0.6 is 0 Å². The molecule has 0 saturated heterocycles. The van der Waals surface area contributed by atoms with Gasteiger partial charge in [0.1, 0.15) is 23.6 Å². The molecule has 0 atom stereocenters. The molecule has 152 valence electrons. The van der Waals surface area contributed by atoms with Crippen molar-refractivity contribution in [1.29, 1.82) is 0 Å². The van der Waals surface area contributed by atoms with Gasteiger partial charge in [-0.05, 0) is 36.3 Å². The molecule has 2 heterocycles. The van der Waals surface area contributed by atoms with Gasteiger partial charge in [-0.2, -0.15) is 4.57 Å². The topological polar surface area (TPSA) is 8.81 Å². The molecular formula is C27H35N2+. The summed E-state index contributed by atoms with van der Waals surface area (Å²) < 4.78 is 5.07. The van der Waals surface area contributed by atoms with Gasteiger partial charge >= 0.3 is 0 Å². The third-order valence-corrected chi connectivity index (χ3v) is 7.01. The van der Waals surface area contributed by atoms with Gasteiger partial charge in [-0.15, -0.1) is 0 Å². The van der Waals surface area contributed by atoms with Crippen molar-refractivity contribution in [3.8, 4) is 17.1 Å². The second-order valence-corrected chi connectivity index (χ2v) is 9.22. The van der Waals surface area contributed by atoms with E-state index in [0.29, 0.717) is 11.8 Å². The molecule has 2 aromatic carbocycles. The zero-order valence-electron chi connectivity index (χ0n) is 18.9. The molecule has 0 amide bonds. The van der Waals surface area contributed by atoms with E-state index in [0.717, 1.165) is 19.3 Å². The number of rotatable bonds is 5. The molecule has 2 heteroatoms. The molecule has 1 aromatic heterocycles. The Morgan fingerprint density at radius 1 is 0.897 bits per heavy atom. The zero-order valence-corrected chi connectivity index (χ0v) is 18.9. The zero-order chi connectivity index (χ0) is 20.8. The maximum absolute atomic E-state index is 2.58. The highest BCUT2D eigenvalue weighted by Gasteiger charge is 2.43. The third kappa shape index (κ3) is 3.04. The summed E-state index contributed by atoms with van der Waals surface area (Å²) in [4.78, 5) is 0. The Balaban J connectivity index is 2.08. The molecule has 4 rings (SSSR count). The van der Waals surface area contributed by atoms with Crippen molar-refractivity contribution < 1.29 is 4.57 Å². The van der Waals surface area contributed by atoms with Crippen molar-refractivity contribution in [1.82, 2.24) is 4.57 Å². The largest absolute Gasteiger partial charge is 0.294 e. The lowest BCUT2D eigenvalue weighted by atomic mass is 9.80. The summed E-state index contributed by atoms with van der Waals surface area (Å²) in [5.41, 5.74) is 7.24. The lowest BCUT2D eigenvalue weighted by Crippen LogP contribution is -2.59. The van der Waals surface area contributed by atoms with Gasteiger partial charge in [-0.3, -0.25) is 0 Å². The fourth-order valence-corrected chi connectivity index (χ4v) is 5.18. The Morgan fingerprint density at radius 2 is 1.52 bits per heavy atom. The van der Waals surface area contributed by atoms with Gasteiger partial charge in [0.25, 0.3) is 5.82 Å². The fourth-order valence-electron chi connectivity index (χ4n) is 5.18. The van der Waals surface area contributed by atoms with Crippen molar-refractivity contribution in [2.75, 3.05) is 0 Å². The van der Waals surface area contributed by atoms with Gasteiger partial charge in [0, 0.05) is 17.5 Å². The molecule has 0 N–H and O–H groups in total. The summed E-state index contributed by atoms with van der Waals surface area (Å²) in [5, 5.41) is 0. The van der Waals surface area contributed by atoms with E-state index in [1.54, 1.807) is 0 Å². The number of hydrogen-bond acceptors (Lipinski definition) is 0. The molecule has 0 radical (unpaired) electrons. The maximum Gasteiger partial charge on any atom is 0.294 e. The highest BCUT2D eigenvalue weighted by molar-refractivity contribution is 5.64. The van der Waals surface area contributed by atoms with E-state index >= 15 is 0 Å². The number of para-hydroxylation sites is 1. The van der Waals surface area contributed by atoms with Crippen LogP contribution in [0.2, 0.25) is 0 Å². The number of aromatic nitrogens is 2. The first-order valence-corrected chi connectivity index (χ1v) is 11.3. The molecule has 2 nitrogen and oxygen atoms in total. The molecule has 1 aliphatic heterocycles. The number of benzene rings is 2. The first-order valence-electron chi connectivity index (χ1n) is 11.3. The van der Waals surface area contributed by atoms with Crippen LogP contribution in [0.1, 0.15) is 82.9 Å². The van der Waals surface area contributed by atoms with Crippen molar-refractivity contribution in [3.05, 3.63) is 71.5 Å². The van der Waals surface area contributed by atoms with Gasteiger partial charge in [0.2, 0.25) is 0 Å². The Bertz CT molecular complexity index is 993.